The van der Waals surface area contributed by atoms with Crippen LogP contribution in [0.4, 0.5) is 15.2 Å². The zero-order valence-electron chi connectivity index (χ0n) is 16.5. The minimum absolute atomic E-state index is 0.131. The van der Waals surface area contributed by atoms with Gasteiger partial charge in [0.25, 0.3) is 5.91 Å². The molecule has 1 aromatic carbocycles. The molecule has 4 aromatic rings. The predicted octanol–water partition coefficient (Wildman–Crippen LogP) is 5.55. The molecule has 3 aromatic heterocycles. The Kier molecular flexibility index (Phi) is 6.02. The molecule has 4 heterocycles. The Morgan fingerprint density at radius 2 is 2.12 bits per heavy atom. The fourth-order valence-corrected chi connectivity index (χ4v) is 5.65. The minimum atomic E-state index is -0.369. The van der Waals surface area contributed by atoms with Gasteiger partial charge in [0.1, 0.15) is 17.3 Å². The lowest BCUT2D eigenvalue weighted by atomic mass is 10.1. The molecule has 0 saturated carbocycles. The molecule has 0 aliphatic carbocycles. The molecule has 32 heavy (non-hydrogen) atoms. The molecule has 162 valence electrons. The SMILES string of the molecule is O=C(CSc1nnc(Nc2ccccc2F)s1)N1N=C(c2ccco2)CC1c1cccs1. The molecular weight excluding hydrogens is 469 g/mol. The van der Waals surface area contributed by atoms with E-state index in [2.05, 4.69) is 20.6 Å². The van der Waals surface area contributed by atoms with Crippen molar-refractivity contribution in [1.82, 2.24) is 15.2 Å². The molecule has 1 atom stereocenters. The number of rotatable bonds is 7. The topological polar surface area (TPSA) is 83.6 Å². The number of para-hydroxylation sites is 1. The maximum atomic E-state index is 13.8. The summed E-state index contributed by atoms with van der Waals surface area (Å²) in [5.41, 5.74) is 1.07. The summed E-state index contributed by atoms with van der Waals surface area (Å²) < 4.78 is 19.9. The summed E-state index contributed by atoms with van der Waals surface area (Å²) in [6, 6.07) is 13.8. The van der Waals surface area contributed by atoms with Crippen LogP contribution in [0.15, 0.2) is 74.0 Å². The van der Waals surface area contributed by atoms with Crippen molar-refractivity contribution < 1.29 is 13.6 Å². The van der Waals surface area contributed by atoms with Gasteiger partial charge >= 0.3 is 0 Å². The molecule has 1 aliphatic rings. The Balaban J connectivity index is 1.26. The summed E-state index contributed by atoms with van der Waals surface area (Å²) in [4.78, 5) is 14.1. The monoisotopic (exact) mass is 485 g/mol. The molecule has 1 aliphatic heterocycles. The number of hydrogen-bond acceptors (Lipinski definition) is 9. The predicted molar refractivity (Wildman–Crippen MR) is 124 cm³/mol. The van der Waals surface area contributed by atoms with Crippen molar-refractivity contribution in [2.75, 3.05) is 11.1 Å². The van der Waals surface area contributed by atoms with Gasteiger partial charge in [0, 0.05) is 11.3 Å². The average Bonchev–Trinajstić information content (AvgIpc) is 3.60. The molecular formula is C21H16FN5O2S3. The van der Waals surface area contributed by atoms with E-state index in [1.165, 1.54) is 34.2 Å². The van der Waals surface area contributed by atoms with Crippen molar-refractivity contribution >= 4 is 56.9 Å². The number of benzene rings is 1. The molecule has 1 N–H and O–H groups in total. The minimum Gasteiger partial charge on any atom is -0.463 e. The standard InChI is InChI=1S/C21H16FN5O2S3/c22-13-5-1-2-6-14(13)23-20-24-25-21(32-20)31-12-19(28)27-16(18-8-4-10-30-18)11-15(26-27)17-7-3-9-29-17/h1-10,16H,11-12H2,(H,23,24). The zero-order chi connectivity index (χ0) is 21.9. The van der Waals surface area contributed by atoms with Crippen LogP contribution in [0.2, 0.25) is 0 Å². The molecule has 1 amide bonds. The first-order valence-corrected chi connectivity index (χ1v) is 12.3. The van der Waals surface area contributed by atoms with E-state index in [9.17, 15) is 9.18 Å². The van der Waals surface area contributed by atoms with Gasteiger partial charge in [0.15, 0.2) is 4.34 Å². The van der Waals surface area contributed by atoms with Crippen LogP contribution in [-0.2, 0) is 4.79 Å². The van der Waals surface area contributed by atoms with Gasteiger partial charge in [-0.05, 0) is 35.7 Å². The van der Waals surface area contributed by atoms with Gasteiger partial charge in [-0.15, -0.1) is 21.5 Å². The van der Waals surface area contributed by atoms with Gasteiger partial charge in [-0.1, -0.05) is 41.3 Å². The Bertz CT molecular complexity index is 1240. The molecule has 5 rings (SSSR count). The van der Waals surface area contributed by atoms with Crippen LogP contribution in [0, 0.1) is 5.82 Å². The number of halogens is 1. The highest BCUT2D eigenvalue weighted by atomic mass is 32.2. The fourth-order valence-electron chi connectivity index (χ4n) is 3.22. The van der Waals surface area contributed by atoms with E-state index in [0.29, 0.717) is 27.3 Å². The number of nitrogens with zero attached hydrogens (tertiary/aromatic N) is 4. The second kappa shape index (κ2) is 9.23. The highest BCUT2D eigenvalue weighted by Gasteiger charge is 2.34. The number of nitrogens with one attached hydrogen (secondary N) is 1. The van der Waals surface area contributed by atoms with E-state index >= 15 is 0 Å². The van der Waals surface area contributed by atoms with Gasteiger partial charge < -0.3 is 9.73 Å². The Hall–Kier alpha value is -3.02. The normalized spacial score (nSPS) is 15.7. The van der Waals surface area contributed by atoms with E-state index in [-0.39, 0.29) is 23.5 Å². The maximum Gasteiger partial charge on any atom is 0.253 e. The molecule has 11 heteroatoms. The third kappa shape index (κ3) is 4.45. The highest BCUT2D eigenvalue weighted by molar-refractivity contribution is 8.01. The fraction of sp³-hybridized carbons (Fsp3) is 0.143. The van der Waals surface area contributed by atoms with Gasteiger partial charge in [0.05, 0.1) is 23.7 Å². The van der Waals surface area contributed by atoms with Crippen molar-refractivity contribution in [3.8, 4) is 0 Å². The first-order valence-electron chi connectivity index (χ1n) is 9.62. The van der Waals surface area contributed by atoms with Crippen molar-refractivity contribution in [1.29, 1.82) is 0 Å². The Morgan fingerprint density at radius 3 is 2.91 bits per heavy atom. The molecule has 1 unspecified atom stereocenters. The first-order chi connectivity index (χ1) is 15.7. The van der Waals surface area contributed by atoms with Gasteiger partial charge in [-0.3, -0.25) is 4.79 Å². The third-order valence-electron chi connectivity index (χ3n) is 4.68. The summed E-state index contributed by atoms with van der Waals surface area (Å²) in [5.74, 6) is 0.327. The lowest BCUT2D eigenvalue weighted by molar-refractivity contribution is -0.130. The van der Waals surface area contributed by atoms with Crippen LogP contribution < -0.4 is 5.32 Å². The quantitative estimate of drug-likeness (QED) is 0.346. The molecule has 0 spiro atoms. The van der Waals surface area contributed by atoms with Crippen molar-refractivity contribution in [3.63, 3.8) is 0 Å². The van der Waals surface area contributed by atoms with E-state index in [1.54, 1.807) is 41.9 Å². The second-order valence-electron chi connectivity index (χ2n) is 6.76. The summed E-state index contributed by atoms with van der Waals surface area (Å²) in [6.07, 6.45) is 2.20. The molecule has 0 radical (unpaired) electrons. The van der Waals surface area contributed by atoms with Gasteiger partial charge in [0.2, 0.25) is 5.13 Å². The van der Waals surface area contributed by atoms with E-state index in [1.807, 2.05) is 23.6 Å². The maximum absolute atomic E-state index is 13.8. The zero-order valence-corrected chi connectivity index (χ0v) is 18.9. The van der Waals surface area contributed by atoms with Crippen LogP contribution in [-0.4, -0.2) is 32.6 Å². The van der Waals surface area contributed by atoms with Gasteiger partial charge in [-0.25, -0.2) is 9.40 Å². The van der Waals surface area contributed by atoms with E-state index in [0.717, 1.165) is 10.6 Å². The number of hydrazone groups is 1. The Morgan fingerprint density at radius 1 is 1.22 bits per heavy atom. The number of carbonyl (C=O) groups is 1. The molecule has 0 bridgehead atoms. The number of carbonyl (C=O) groups excluding carboxylic acids is 1. The summed E-state index contributed by atoms with van der Waals surface area (Å²) in [5, 5.41) is 19.6. The third-order valence-corrected chi connectivity index (χ3v) is 7.61. The lowest BCUT2D eigenvalue weighted by Crippen LogP contribution is -2.28. The number of aromatic nitrogens is 2. The highest BCUT2D eigenvalue weighted by Crippen LogP contribution is 2.36. The van der Waals surface area contributed by atoms with E-state index < -0.39 is 0 Å². The molecule has 0 saturated heterocycles. The van der Waals surface area contributed by atoms with Crippen molar-refractivity contribution in [2.45, 2.75) is 16.8 Å². The van der Waals surface area contributed by atoms with Crippen LogP contribution >= 0.6 is 34.4 Å². The number of hydrogen-bond donors (Lipinski definition) is 1. The number of furan rings is 1. The van der Waals surface area contributed by atoms with E-state index in [4.69, 9.17) is 4.42 Å². The van der Waals surface area contributed by atoms with Crippen LogP contribution in [0.25, 0.3) is 0 Å². The van der Waals surface area contributed by atoms with Gasteiger partial charge in [-0.2, -0.15) is 5.10 Å². The number of thioether (sulfide) groups is 1. The van der Waals surface area contributed by atoms with Crippen molar-refractivity contribution in [2.24, 2.45) is 5.10 Å². The molecule has 7 nitrogen and oxygen atoms in total. The van der Waals surface area contributed by atoms with Crippen molar-refractivity contribution in [3.05, 3.63) is 76.6 Å². The second-order valence-corrected chi connectivity index (χ2v) is 9.94. The number of thiophene rings is 1. The largest absolute Gasteiger partial charge is 0.463 e. The van der Waals surface area contributed by atoms with Crippen LogP contribution in [0.1, 0.15) is 23.1 Å². The summed E-state index contributed by atoms with van der Waals surface area (Å²) in [7, 11) is 0. The average molecular weight is 486 g/mol. The number of amides is 1. The summed E-state index contributed by atoms with van der Waals surface area (Å²) >= 11 is 4.14. The smallest absolute Gasteiger partial charge is 0.253 e. The summed E-state index contributed by atoms with van der Waals surface area (Å²) in [6.45, 7) is 0. The Labute approximate surface area is 195 Å². The van der Waals surface area contributed by atoms with Crippen LogP contribution in [0.3, 0.4) is 0 Å². The van der Waals surface area contributed by atoms with Crippen LogP contribution in [0.5, 0.6) is 0 Å². The molecule has 0 fully saturated rings. The first kappa shape index (κ1) is 20.9. The lowest BCUT2D eigenvalue weighted by Gasteiger charge is -2.20. The number of anilines is 2.